The molecule has 0 fully saturated rings. The predicted molar refractivity (Wildman–Crippen MR) is 149 cm³/mol. The van der Waals surface area contributed by atoms with Crippen LogP contribution in [0.3, 0.4) is 0 Å². The van der Waals surface area contributed by atoms with Crippen LogP contribution in [0.4, 0.5) is 0 Å². The minimum Gasteiger partial charge on any atom is -0.496 e. The molecule has 4 aromatic rings. The number of sulfone groups is 1. The molecule has 0 bridgehead atoms. The number of imidazole rings is 1. The van der Waals surface area contributed by atoms with Gasteiger partial charge < -0.3 is 14.0 Å². The zero-order valence-electron chi connectivity index (χ0n) is 22.2. The fourth-order valence-corrected chi connectivity index (χ4v) is 6.61. The number of nitrogens with zero attached hydrogens (tertiary/aromatic N) is 2. The molecule has 1 aliphatic rings. The van der Waals surface area contributed by atoms with E-state index in [1.165, 1.54) is 0 Å². The topological polar surface area (TPSA) is 87.5 Å². The number of ketones is 1. The summed E-state index contributed by atoms with van der Waals surface area (Å²) in [6, 6.07) is 18.1. The third-order valence-corrected chi connectivity index (χ3v) is 8.84. The molecule has 0 radical (unpaired) electrons. The van der Waals surface area contributed by atoms with Crippen LogP contribution in [0.2, 0.25) is 0 Å². The Kier molecular flexibility index (Phi) is 7.84. The number of fused-ring (bicyclic) bond motifs is 1. The number of rotatable bonds is 10. The van der Waals surface area contributed by atoms with E-state index in [1.807, 2.05) is 25.3 Å². The first-order valence-electron chi connectivity index (χ1n) is 13.1. The Morgan fingerprint density at radius 1 is 1.00 bits per heavy atom. The zero-order chi connectivity index (χ0) is 27.4. The first kappa shape index (κ1) is 26.7. The van der Waals surface area contributed by atoms with Crippen molar-refractivity contribution in [1.29, 1.82) is 0 Å². The third-order valence-electron chi connectivity index (χ3n) is 7.18. The van der Waals surface area contributed by atoms with Crippen LogP contribution in [0.25, 0.3) is 0 Å². The molecule has 7 nitrogen and oxygen atoms in total. The van der Waals surface area contributed by atoms with Gasteiger partial charge in [-0.05, 0) is 66.8 Å². The van der Waals surface area contributed by atoms with Crippen molar-refractivity contribution in [2.75, 3.05) is 13.7 Å². The minimum absolute atomic E-state index is 0.0545. The molecule has 0 aliphatic heterocycles. The summed E-state index contributed by atoms with van der Waals surface area (Å²) in [5, 5.41) is 0. The highest BCUT2D eigenvalue weighted by Crippen LogP contribution is 2.34. The van der Waals surface area contributed by atoms with Gasteiger partial charge in [-0.1, -0.05) is 30.3 Å². The molecule has 0 saturated heterocycles. The van der Waals surface area contributed by atoms with Crippen molar-refractivity contribution in [2.45, 2.75) is 49.8 Å². The maximum absolute atomic E-state index is 13.3. The molecule has 39 heavy (non-hydrogen) atoms. The molecule has 3 aromatic carbocycles. The van der Waals surface area contributed by atoms with E-state index in [2.05, 4.69) is 15.6 Å². The SMILES string of the molecule is COc1ccc(Cn2cncc2CCOc2ccc3c(c2CS(=O)(=O)c2ccccc2)CCCC3=O)cc1C. The average molecular weight is 545 g/mol. The molecule has 1 heterocycles. The maximum atomic E-state index is 13.3. The van der Waals surface area contributed by atoms with E-state index in [0.29, 0.717) is 55.7 Å². The lowest BCUT2D eigenvalue weighted by molar-refractivity contribution is 0.0972. The first-order valence-corrected chi connectivity index (χ1v) is 14.7. The van der Waals surface area contributed by atoms with E-state index in [1.54, 1.807) is 55.9 Å². The van der Waals surface area contributed by atoms with Crippen LogP contribution in [-0.2, 0) is 35.0 Å². The lowest BCUT2D eigenvalue weighted by atomic mass is 9.87. The summed E-state index contributed by atoms with van der Waals surface area (Å²) in [6.45, 7) is 3.03. The van der Waals surface area contributed by atoms with Gasteiger partial charge in [-0.3, -0.25) is 4.79 Å². The highest BCUT2D eigenvalue weighted by Gasteiger charge is 2.26. The van der Waals surface area contributed by atoms with Crippen LogP contribution in [-0.4, -0.2) is 37.5 Å². The largest absolute Gasteiger partial charge is 0.496 e. The smallest absolute Gasteiger partial charge is 0.182 e. The van der Waals surface area contributed by atoms with Crippen molar-refractivity contribution in [3.05, 3.63) is 107 Å². The van der Waals surface area contributed by atoms with Crippen molar-refractivity contribution in [2.24, 2.45) is 0 Å². The summed E-state index contributed by atoms with van der Waals surface area (Å²) in [6.07, 6.45) is 6.07. The highest BCUT2D eigenvalue weighted by atomic mass is 32.2. The lowest BCUT2D eigenvalue weighted by Crippen LogP contribution is -2.17. The minimum atomic E-state index is -3.62. The molecule has 202 valence electrons. The van der Waals surface area contributed by atoms with E-state index >= 15 is 0 Å². The summed E-state index contributed by atoms with van der Waals surface area (Å²) in [5.41, 5.74) is 5.22. The number of carbonyl (C=O) groups excluding carboxylic acids is 1. The van der Waals surface area contributed by atoms with Gasteiger partial charge in [-0.25, -0.2) is 13.4 Å². The van der Waals surface area contributed by atoms with Gasteiger partial charge in [0.15, 0.2) is 15.6 Å². The van der Waals surface area contributed by atoms with E-state index in [-0.39, 0.29) is 16.4 Å². The molecule has 0 amide bonds. The number of carbonyl (C=O) groups is 1. The summed E-state index contributed by atoms with van der Waals surface area (Å²) in [5.74, 6) is 1.21. The van der Waals surface area contributed by atoms with Gasteiger partial charge in [0.05, 0.1) is 30.7 Å². The summed E-state index contributed by atoms with van der Waals surface area (Å²) < 4.78 is 40.3. The van der Waals surface area contributed by atoms with Crippen molar-refractivity contribution < 1.29 is 22.7 Å². The molecule has 8 heteroatoms. The first-order chi connectivity index (χ1) is 18.9. The van der Waals surface area contributed by atoms with Crippen LogP contribution in [0, 0.1) is 6.92 Å². The van der Waals surface area contributed by atoms with E-state index in [0.717, 1.165) is 28.1 Å². The molecule has 1 aromatic heterocycles. The molecular formula is C31H32N2O5S. The lowest BCUT2D eigenvalue weighted by Gasteiger charge is -2.22. The molecular weight excluding hydrogens is 512 g/mol. The number of aryl methyl sites for hydroxylation is 1. The number of hydrogen-bond acceptors (Lipinski definition) is 6. The van der Waals surface area contributed by atoms with Gasteiger partial charge in [0.25, 0.3) is 0 Å². The maximum Gasteiger partial charge on any atom is 0.182 e. The fraction of sp³-hybridized carbons (Fsp3) is 0.290. The Balaban J connectivity index is 1.35. The van der Waals surface area contributed by atoms with Crippen molar-refractivity contribution in [1.82, 2.24) is 9.55 Å². The van der Waals surface area contributed by atoms with Crippen LogP contribution < -0.4 is 9.47 Å². The highest BCUT2D eigenvalue weighted by molar-refractivity contribution is 7.90. The van der Waals surface area contributed by atoms with Crippen molar-refractivity contribution >= 4 is 15.6 Å². The van der Waals surface area contributed by atoms with Crippen molar-refractivity contribution in [3.63, 3.8) is 0 Å². The standard InChI is InChI=1S/C31H32N2O5S/c1-22-17-23(11-13-30(22)37-2)19-33-21-32-18-24(33)15-16-38-31-14-12-27-26(9-6-10-29(27)34)28(31)20-39(35,36)25-7-4-3-5-8-25/h3-5,7-8,11-14,17-18,21H,6,9-10,15-16,19-20H2,1-2H3. The van der Waals surface area contributed by atoms with Gasteiger partial charge in [-0.15, -0.1) is 0 Å². The number of aromatic nitrogens is 2. The van der Waals surface area contributed by atoms with E-state index in [4.69, 9.17) is 9.47 Å². The van der Waals surface area contributed by atoms with Crippen LogP contribution >= 0.6 is 0 Å². The second-order valence-electron chi connectivity index (χ2n) is 9.83. The zero-order valence-corrected chi connectivity index (χ0v) is 23.0. The van der Waals surface area contributed by atoms with Crippen LogP contribution in [0.5, 0.6) is 11.5 Å². The monoisotopic (exact) mass is 544 g/mol. The number of ether oxygens (including phenoxy) is 2. The number of hydrogen-bond donors (Lipinski definition) is 0. The molecule has 0 unspecified atom stereocenters. The average Bonchev–Trinajstić information content (AvgIpc) is 3.37. The summed E-state index contributed by atoms with van der Waals surface area (Å²) >= 11 is 0. The molecule has 5 rings (SSSR count). The third kappa shape index (κ3) is 5.91. The summed E-state index contributed by atoms with van der Waals surface area (Å²) in [4.78, 5) is 17.2. The van der Waals surface area contributed by atoms with Crippen molar-refractivity contribution in [3.8, 4) is 11.5 Å². The second kappa shape index (κ2) is 11.5. The van der Waals surface area contributed by atoms with Gasteiger partial charge in [0.1, 0.15) is 11.5 Å². The second-order valence-corrected chi connectivity index (χ2v) is 11.8. The van der Waals surface area contributed by atoms with E-state index < -0.39 is 9.84 Å². The quantitative estimate of drug-likeness (QED) is 0.267. The Labute approximate surface area is 229 Å². The summed E-state index contributed by atoms with van der Waals surface area (Å²) in [7, 11) is -1.95. The van der Waals surface area contributed by atoms with E-state index in [9.17, 15) is 13.2 Å². The van der Waals surface area contributed by atoms with Gasteiger partial charge in [0, 0.05) is 42.4 Å². The normalized spacial score (nSPS) is 13.2. The number of Topliss-reactive ketones (excluding diaryl/α,β-unsaturated/α-hetero) is 1. The number of methoxy groups -OCH3 is 1. The predicted octanol–water partition coefficient (Wildman–Crippen LogP) is 5.36. The molecule has 0 spiro atoms. The Hall–Kier alpha value is -3.91. The fourth-order valence-electron chi connectivity index (χ4n) is 5.17. The Morgan fingerprint density at radius 2 is 1.79 bits per heavy atom. The number of benzene rings is 3. The van der Waals surface area contributed by atoms with Crippen LogP contribution in [0.1, 0.15) is 51.1 Å². The van der Waals surface area contributed by atoms with Crippen LogP contribution in [0.15, 0.2) is 78.1 Å². The van der Waals surface area contributed by atoms with Gasteiger partial charge in [0.2, 0.25) is 0 Å². The molecule has 1 aliphatic carbocycles. The van der Waals surface area contributed by atoms with Gasteiger partial charge in [-0.2, -0.15) is 0 Å². The Morgan fingerprint density at radius 3 is 2.56 bits per heavy atom. The van der Waals surface area contributed by atoms with Gasteiger partial charge >= 0.3 is 0 Å². The Bertz CT molecular complexity index is 1590. The molecule has 0 N–H and O–H groups in total. The molecule has 0 atom stereocenters. The molecule has 0 saturated carbocycles.